The van der Waals surface area contributed by atoms with Crippen LogP contribution in [0.15, 0.2) is 53.4 Å². The first-order valence-electron chi connectivity index (χ1n) is 10.1. The number of piperazine rings is 1. The average molecular weight is 418 g/mol. The monoisotopic (exact) mass is 417 g/mol. The molecule has 0 aliphatic carbocycles. The highest BCUT2D eigenvalue weighted by Gasteiger charge is 2.20. The maximum atomic E-state index is 12.5. The van der Waals surface area contributed by atoms with Crippen molar-refractivity contribution in [1.82, 2.24) is 9.62 Å². The van der Waals surface area contributed by atoms with E-state index in [4.69, 9.17) is 4.74 Å². The van der Waals surface area contributed by atoms with Crippen molar-refractivity contribution in [2.75, 3.05) is 51.3 Å². The normalized spacial score (nSPS) is 15.7. The van der Waals surface area contributed by atoms with E-state index in [2.05, 4.69) is 34.4 Å². The van der Waals surface area contributed by atoms with E-state index in [1.165, 1.54) is 0 Å². The number of hydrogen-bond acceptors (Lipinski definition) is 5. The molecular weight excluding hydrogens is 386 g/mol. The number of nitrogens with one attached hydrogen (secondary N) is 1. The number of methoxy groups -OCH3 is 1. The van der Waals surface area contributed by atoms with Crippen LogP contribution in [-0.2, 0) is 10.0 Å². The van der Waals surface area contributed by atoms with Crippen LogP contribution in [0.2, 0.25) is 0 Å². The molecular formula is C22H31N3O3S. The lowest BCUT2D eigenvalue weighted by Gasteiger charge is -2.36. The van der Waals surface area contributed by atoms with Gasteiger partial charge in [-0.2, -0.15) is 0 Å². The quantitative estimate of drug-likeness (QED) is 0.716. The Kier molecular flexibility index (Phi) is 7.16. The van der Waals surface area contributed by atoms with E-state index < -0.39 is 10.0 Å². The predicted molar refractivity (Wildman–Crippen MR) is 117 cm³/mol. The average Bonchev–Trinajstić information content (AvgIpc) is 2.74. The van der Waals surface area contributed by atoms with Crippen LogP contribution in [0.4, 0.5) is 5.69 Å². The van der Waals surface area contributed by atoms with E-state index in [-0.39, 0.29) is 0 Å². The van der Waals surface area contributed by atoms with Gasteiger partial charge in [-0.25, -0.2) is 13.1 Å². The molecule has 0 amide bonds. The van der Waals surface area contributed by atoms with Crippen LogP contribution < -0.4 is 14.4 Å². The zero-order valence-electron chi connectivity index (χ0n) is 17.5. The van der Waals surface area contributed by atoms with Crippen molar-refractivity contribution in [3.05, 3.63) is 54.1 Å². The third-order valence-corrected chi connectivity index (χ3v) is 6.85. The first-order valence-corrected chi connectivity index (χ1v) is 11.6. The van der Waals surface area contributed by atoms with Gasteiger partial charge in [0.2, 0.25) is 10.0 Å². The summed E-state index contributed by atoms with van der Waals surface area (Å²) in [5.74, 6) is 1.27. The molecule has 0 spiro atoms. The summed E-state index contributed by atoms with van der Waals surface area (Å²) in [4.78, 5) is 4.93. The fraction of sp³-hybridized carbons (Fsp3) is 0.455. The number of nitrogens with zero attached hydrogens (tertiary/aromatic N) is 2. The molecule has 0 aromatic heterocycles. The second-order valence-corrected chi connectivity index (χ2v) is 9.39. The molecule has 1 N–H and O–H groups in total. The van der Waals surface area contributed by atoms with Crippen LogP contribution in [0, 0.1) is 0 Å². The number of rotatable bonds is 8. The minimum atomic E-state index is -3.47. The Hall–Kier alpha value is -2.09. The van der Waals surface area contributed by atoms with Crippen LogP contribution in [0.25, 0.3) is 0 Å². The molecule has 0 atom stereocenters. The smallest absolute Gasteiger partial charge is 0.240 e. The first-order chi connectivity index (χ1) is 13.9. The van der Waals surface area contributed by atoms with E-state index in [0.717, 1.165) is 43.2 Å². The molecule has 29 heavy (non-hydrogen) atoms. The van der Waals surface area contributed by atoms with Crippen molar-refractivity contribution >= 4 is 15.7 Å². The van der Waals surface area contributed by atoms with E-state index in [9.17, 15) is 8.42 Å². The molecule has 1 fully saturated rings. The van der Waals surface area contributed by atoms with Gasteiger partial charge in [0.1, 0.15) is 5.75 Å². The van der Waals surface area contributed by atoms with Gasteiger partial charge in [0.05, 0.1) is 17.7 Å². The summed E-state index contributed by atoms with van der Waals surface area (Å²) in [7, 11) is -1.78. The molecule has 7 heteroatoms. The number of anilines is 1. The van der Waals surface area contributed by atoms with E-state index in [1.54, 1.807) is 19.2 Å². The van der Waals surface area contributed by atoms with Crippen LogP contribution in [0.5, 0.6) is 5.75 Å². The fourth-order valence-electron chi connectivity index (χ4n) is 3.56. The molecule has 0 saturated carbocycles. The third-order valence-electron chi connectivity index (χ3n) is 5.38. The Balaban J connectivity index is 1.48. The van der Waals surface area contributed by atoms with Crippen LogP contribution in [0.3, 0.4) is 0 Å². The molecule has 1 heterocycles. The summed E-state index contributed by atoms with van der Waals surface area (Å²) in [5.41, 5.74) is 2.25. The zero-order chi connectivity index (χ0) is 20.9. The third kappa shape index (κ3) is 5.50. The molecule has 1 aliphatic rings. The predicted octanol–water partition coefficient (Wildman–Crippen LogP) is 2.92. The van der Waals surface area contributed by atoms with Crippen LogP contribution in [-0.4, -0.2) is 59.7 Å². The largest absolute Gasteiger partial charge is 0.495 e. The number of para-hydroxylation sites is 2. The minimum absolute atomic E-state index is 0.322. The van der Waals surface area contributed by atoms with Gasteiger partial charge in [0.15, 0.2) is 0 Å². The van der Waals surface area contributed by atoms with Gasteiger partial charge < -0.3 is 9.64 Å². The van der Waals surface area contributed by atoms with Crippen molar-refractivity contribution in [2.45, 2.75) is 24.7 Å². The zero-order valence-corrected chi connectivity index (χ0v) is 18.3. The highest BCUT2D eigenvalue weighted by Crippen LogP contribution is 2.28. The Morgan fingerprint density at radius 3 is 2.28 bits per heavy atom. The molecule has 0 bridgehead atoms. The minimum Gasteiger partial charge on any atom is -0.495 e. The lowest BCUT2D eigenvalue weighted by atomic mass is 10.0. The van der Waals surface area contributed by atoms with Gasteiger partial charge in [0.25, 0.3) is 0 Å². The summed E-state index contributed by atoms with van der Waals surface area (Å²) in [6, 6.07) is 15.2. The van der Waals surface area contributed by atoms with Crippen molar-refractivity contribution in [2.24, 2.45) is 0 Å². The second kappa shape index (κ2) is 9.61. The maximum Gasteiger partial charge on any atom is 0.240 e. The number of sulfonamides is 1. The van der Waals surface area contributed by atoms with E-state index in [1.807, 2.05) is 30.3 Å². The van der Waals surface area contributed by atoms with Gasteiger partial charge >= 0.3 is 0 Å². The molecule has 0 radical (unpaired) electrons. The molecule has 1 aliphatic heterocycles. The molecule has 0 unspecified atom stereocenters. The summed E-state index contributed by atoms with van der Waals surface area (Å²) in [6.45, 7) is 8.86. The molecule has 3 rings (SSSR count). The van der Waals surface area contributed by atoms with E-state index in [0.29, 0.717) is 23.9 Å². The van der Waals surface area contributed by atoms with Crippen molar-refractivity contribution in [3.63, 3.8) is 0 Å². The summed E-state index contributed by atoms with van der Waals surface area (Å²) >= 11 is 0. The molecule has 158 valence electrons. The van der Waals surface area contributed by atoms with Crippen molar-refractivity contribution in [1.29, 1.82) is 0 Å². The lowest BCUT2D eigenvalue weighted by Crippen LogP contribution is -2.48. The maximum absolute atomic E-state index is 12.5. The Bertz CT molecular complexity index is 890. The van der Waals surface area contributed by atoms with Gasteiger partial charge in [0, 0.05) is 39.3 Å². The highest BCUT2D eigenvalue weighted by molar-refractivity contribution is 7.89. The van der Waals surface area contributed by atoms with Gasteiger partial charge in [-0.3, -0.25) is 4.90 Å². The standard InChI is InChI=1S/C22H31N3O3S/c1-18(2)19-8-10-20(11-9-19)29(26,27)23-12-13-24-14-16-25(17-15-24)21-6-4-5-7-22(21)28-3/h4-11,18,23H,12-17H2,1-3H3. The van der Waals surface area contributed by atoms with Gasteiger partial charge in [-0.15, -0.1) is 0 Å². The topological polar surface area (TPSA) is 61.9 Å². The summed E-state index contributed by atoms with van der Waals surface area (Å²) in [5, 5.41) is 0. The summed E-state index contributed by atoms with van der Waals surface area (Å²) in [6.07, 6.45) is 0. The van der Waals surface area contributed by atoms with Gasteiger partial charge in [-0.05, 0) is 35.7 Å². The fourth-order valence-corrected chi connectivity index (χ4v) is 4.58. The van der Waals surface area contributed by atoms with E-state index >= 15 is 0 Å². The number of ether oxygens (including phenoxy) is 1. The SMILES string of the molecule is COc1ccccc1N1CCN(CCNS(=O)(=O)c2ccc(C(C)C)cc2)CC1. The Labute approximate surface area is 174 Å². The van der Waals surface area contributed by atoms with Crippen LogP contribution in [0.1, 0.15) is 25.3 Å². The Morgan fingerprint density at radius 1 is 1.00 bits per heavy atom. The van der Waals surface area contributed by atoms with Crippen molar-refractivity contribution in [3.8, 4) is 5.75 Å². The molecule has 6 nitrogen and oxygen atoms in total. The second-order valence-electron chi connectivity index (χ2n) is 7.62. The highest BCUT2D eigenvalue weighted by atomic mass is 32.2. The van der Waals surface area contributed by atoms with Crippen molar-refractivity contribution < 1.29 is 13.2 Å². The van der Waals surface area contributed by atoms with Gasteiger partial charge in [-0.1, -0.05) is 38.1 Å². The molecule has 2 aromatic rings. The number of hydrogen-bond donors (Lipinski definition) is 1. The lowest BCUT2D eigenvalue weighted by molar-refractivity contribution is 0.261. The molecule has 2 aromatic carbocycles. The van der Waals surface area contributed by atoms with Crippen LogP contribution >= 0.6 is 0 Å². The Morgan fingerprint density at radius 2 is 1.66 bits per heavy atom. The first kappa shape index (κ1) is 21.6. The number of benzene rings is 2. The molecule has 1 saturated heterocycles. The summed E-state index contributed by atoms with van der Waals surface area (Å²) < 4.78 is 33.2.